The SMILES string of the molecule is CCc1cc(OC)cc(C2(N)CC2)c1. The molecule has 0 atom stereocenters. The summed E-state index contributed by atoms with van der Waals surface area (Å²) in [6.45, 7) is 2.15. The summed E-state index contributed by atoms with van der Waals surface area (Å²) in [6, 6.07) is 6.34. The number of ether oxygens (including phenoxy) is 1. The molecule has 2 rings (SSSR count). The Morgan fingerprint density at radius 1 is 1.36 bits per heavy atom. The lowest BCUT2D eigenvalue weighted by Crippen LogP contribution is -2.18. The molecule has 2 heteroatoms. The van der Waals surface area contributed by atoms with Gasteiger partial charge in [-0.05, 0) is 42.5 Å². The molecule has 1 fully saturated rings. The van der Waals surface area contributed by atoms with Crippen molar-refractivity contribution in [3.8, 4) is 5.75 Å². The van der Waals surface area contributed by atoms with Crippen LogP contribution in [0.2, 0.25) is 0 Å². The maximum atomic E-state index is 6.16. The Hall–Kier alpha value is -1.02. The van der Waals surface area contributed by atoms with Crippen LogP contribution in [0.25, 0.3) is 0 Å². The van der Waals surface area contributed by atoms with Gasteiger partial charge in [0.2, 0.25) is 0 Å². The number of hydrogen-bond acceptors (Lipinski definition) is 2. The second-order valence-electron chi connectivity index (χ2n) is 4.08. The Morgan fingerprint density at radius 3 is 2.57 bits per heavy atom. The van der Waals surface area contributed by atoms with Gasteiger partial charge < -0.3 is 10.5 Å². The molecule has 1 aromatic rings. The van der Waals surface area contributed by atoms with Crippen molar-refractivity contribution in [2.24, 2.45) is 5.73 Å². The van der Waals surface area contributed by atoms with Gasteiger partial charge in [0.1, 0.15) is 5.75 Å². The molecule has 0 aromatic heterocycles. The Kier molecular flexibility index (Phi) is 2.23. The molecule has 76 valence electrons. The third-order valence-corrected chi connectivity index (χ3v) is 2.97. The molecule has 14 heavy (non-hydrogen) atoms. The molecular formula is C12H17NO. The van der Waals surface area contributed by atoms with E-state index in [0.717, 1.165) is 25.0 Å². The lowest BCUT2D eigenvalue weighted by molar-refractivity contribution is 0.413. The van der Waals surface area contributed by atoms with E-state index in [1.165, 1.54) is 11.1 Å². The van der Waals surface area contributed by atoms with Gasteiger partial charge in [-0.2, -0.15) is 0 Å². The average molecular weight is 191 g/mol. The zero-order chi connectivity index (χ0) is 10.2. The number of aryl methyl sites for hydroxylation is 1. The van der Waals surface area contributed by atoms with Gasteiger partial charge in [0.05, 0.1) is 7.11 Å². The lowest BCUT2D eigenvalue weighted by Gasteiger charge is -2.12. The van der Waals surface area contributed by atoms with E-state index in [2.05, 4.69) is 25.1 Å². The Bertz CT molecular complexity index is 320. The number of methoxy groups -OCH3 is 1. The first kappa shape index (κ1) is 9.53. The highest BCUT2D eigenvalue weighted by atomic mass is 16.5. The van der Waals surface area contributed by atoms with Crippen molar-refractivity contribution in [1.82, 2.24) is 0 Å². The van der Waals surface area contributed by atoms with Crippen molar-refractivity contribution < 1.29 is 4.74 Å². The van der Waals surface area contributed by atoms with Gasteiger partial charge >= 0.3 is 0 Å². The molecule has 1 aromatic carbocycles. The van der Waals surface area contributed by atoms with Gasteiger partial charge in [0, 0.05) is 5.54 Å². The summed E-state index contributed by atoms with van der Waals surface area (Å²) >= 11 is 0. The fraction of sp³-hybridized carbons (Fsp3) is 0.500. The van der Waals surface area contributed by atoms with Crippen molar-refractivity contribution in [2.45, 2.75) is 31.7 Å². The highest BCUT2D eigenvalue weighted by molar-refractivity contribution is 5.40. The van der Waals surface area contributed by atoms with Crippen LogP contribution in [0.1, 0.15) is 30.9 Å². The van der Waals surface area contributed by atoms with E-state index in [9.17, 15) is 0 Å². The molecule has 0 unspecified atom stereocenters. The fourth-order valence-electron chi connectivity index (χ4n) is 1.69. The smallest absolute Gasteiger partial charge is 0.119 e. The van der Waals surface area contributed by atoms with Gasteiger partial charge in [0.25, 0.3) is 0 Å². The van der Waals surface area contributed by atoms with Crippen LogP contribution in [0.5, 0.6) is 5.75 Å². The minimum absolute atomic E-state index is 0.0571. The highest BCUT2D eigenvalue weighted by Crippen LogP contribution is 2.43. The molecular weight excluding hydrogens is 174 g/mol. The van der Waals surface area contributed by atoms with Gasteiger partial charge in [-0.25, -0.2) is 0 Å². The highest BCUT2D eigenvalue weighted by Gasteiger charge is 2.40. The minimum atomic E-state index is -0.0571. The number of benzene rings is 1. The second kappa shape index (κ2) is 3.28. The molecule has 0 spiro atoms. The van der Waals surface area contributed by atoms with E-state index in [-0.39, 0.29) is 5.54 Å². The number of nitrogens with two attached hydrogens (primary N) is 1. The summed E-state index contributed by atoms with van der Waals surface area (Å²) in [5.41, 5.74) is 8.63. The van der Waals surface area contributed by atoms with Gasteiger partial charge in [-0.3, -0.25) is 0 Å². The molecule has 1 saturated carbocycles. The molecule has 2 nitrogen and oxygen atoms in total. The molecule has 1 aliphatic carbocycles. The largest absolute Gasteiger partial charge is 0.497 e. The zero-order valence-electron chi connectivity index (χ0n) is 8.84. The van der Waals surface area contributed by atoms with Crippen LogP contribution in [0.15, 0.2) is 18.2 Å². The number of hydrogen-bond donors (Lipinski definition) is 1. The van der Waals surface area contributed by atoms with Crippen LogP contribution in [0.3, 0.4) is 0 Å². The van der Waals surface area contributed by atoms with E-state index >= 15 is 0 Å². The molecule has 0 heterocycles. The number of rotatable bonds is 3. The molecule has 0 bridgehead atoms. The van der Waals surface area contributed by atoms with Crippen molar-refractivity contribution in [3.63, 3.8) is 0 Å². The first-order chi connectivity index (χ1) is 6.68. The van der Waals surface area contributed by atoms with Crippen molar-refractivity contribution in [1.29, 1.82) is 0 Å². The quantitative estimate of drug-likeness (QED) is 0.795. The first-order valence-corrected chi connectivity index (χ1v) is 5.15. The predicted molar refractivity (Wildman–Crippen MR) is 57.5 cm³/mol. The third kappa shape index (κ3) is 1.62. The van der Waals surface area contributed by atoms with Crippen LogP contribution >= 0.6 is 0 Å². The molecule has 2 N–H and O–H groups in total. The summed E-state index contributed by atoms with van der Waals surface area (Å²) in [6.07, 6.45) is 3.23. The molecule has 0 aliphatic heterocycles. The Balaban J connectivity index is 2.39. The van der Waals surface area contributed by atoms with Crippen molar-refractivity contribution >= 4 is 0 Å². The van der Waals surface area contributed by atoms with E-state index in [4.69, 9.17) is 10.5 Å². The van der Waals surface area contributed by atoms with Crippen LogP contribution in [0.4, 0.5) is 0 Å². The van der Waals surface area contributed by atoms with Crippen LogP contribution < -0.4 is 10.5 Å². The molecule has 0 amide bonds. The van der Waals surface area contributed by atoms with E-state index < -0.39 is 0 Å². The third-order valence-electron chi connectivity index (χ3n) is 2.97. The van der Waals surface area contributed by atoms with Crippen LogP contribution in [-0.4, -0.2) is 7.11 Å². The second-order valence-corrected chi connectivity index (χ2v) is 4.08. The summed E-state index contributed by atoms with van der Waals surface area (Å²) in [5, 5.41) is 0. The van der Waals surface area contributed by atoms with E-state index in [1.54, 1.807) is 7.11 Å². The summed E-state index contributed by atoms with van der Waals surface area (Å²) < 4.78 is 5.26. The van der Waals surface area contributed by atoms with E-state index in [0.29, 0.717) is 0 Å². The minimum Gasteiger partial charge on any atom is -0.497 e. The first-order valence-electron chi connectivity index (χ1n) is 5.15. The summed E-state index contributed by atoms with van der Waals surface area (Å²) in [7, 11) is 1.70. The van der Waals surface area contributed by atoms with Gasteiger partial charge in [-0.1, -0.05) is 13.0 Å². The van der Waals surface area contributed by atoms with Gasteiger partial charge in [-0.15, -0.1) is 0 Å². The van der Waals surface area contributed by atoms with Crippen molar-refractivity contribution in [2.75, 3.05) is 7.11 Å². The standard InChI is InChI=1S/C12H17NO/c1-3-9-6-10(12(13)4-5-12)8-11(7-9)14-2/h6-8H,3-5,13H2,1-2H3. The average Bonchev–Trinajstić information content (AvgIpc) is 2.97. The predicted octanol–water partition coefficient (Wildman–Crippen LogP) is 2.21. The maximum absolute atomic E-state index is 6.16. The summed E-state index contributed by atoms with van der Waals surface area (Å²) in [4.78, 5) is 0. The monoisotopic (exact) mass is 191 g/mol. The Morgan fingerprint density at radius 2 is 2.07 bits per heavy atom. The van der Waals surface area contributed by atoms with Crippen LogP contribution in [-0.2, 0) is 12.0 Å². The van der Waals surface area contributed by atoms with Crippen molar-refractivity contribution in [3.05, 3.63) is 29.3 Å². The molecule has 0 saturated heterocycles. The lowest BCUT2D eigenvalue weighted by atomic mass is 10.0. The molecule has 0 radical (unpaired) electrons. The fourth-order valence-corrected chi connectivity index (χ4v) is 1.69. The van der Waals surface area contributed by atoms with Gasteiger partial charge in [0.15, 0.2) is 0 Å². The normalized spacial score (nSPS) is 17.9. The maximum Gasteiger partial charge on any atom is 0.119 e. The van der Waals surface area contributed by atoms with Crippen LogP contribution in [0, 0.1) is 0 Å². The topological polar surface area (TPSA) is 35.2 Å². The van der Waals surface area contributed by atoms with E-state index in [1.807, 2.05) is 0 Å². The molecule has 1 aliphatic rings. The zero-order valence-corrected chi connectivity index (χ0v) is 8.84. The Labute approximate surface area is 85.1 Å². The summed E-state index contributed by atoms with van der Waals surface area (Å²) in [5.74, 6) is 0.927.